The molecule has 0 bridgehead atoms. The second kappa shape index (κ2) is 5.98. The lowest BCUT2D eigenvalue weighted by Crippen LogP contribution is -2.04. The number of hydrogen-bond donors (Lipinski definition) is 1. The summed E-state index contributed by atoms with van der Waals surface area (Å²) in [6, 6.07) is 9.96. The van der Waals surface area contributed by atoms with Crippen LogP contribution in [0.5, 0.6) is 5.75 Å². The number of methoxy groups -OCH3 is 1. The van der Waals surface area contributed by atoms with Crippen LogP contribution in [0.2, 0.25) is 0 Å². The van der Waals surface area contributed by atoms with E-state index in [9.17, 15) is 5.11 Å². The summed E-state index contributed by atoms with van der Waals surface area (Å²) in [5.74, 6) is 0.851. The van der Waals surface area contributed by atoms with Gasteiger partial charge >= 0.3 is 0 Å². The number of hydrogen-bond acceptors (Lipinski definition) is 2. The lowest BCUT2D eigenvalue weighted by atomic mass is 9.94. The van der Waals surface area contributed by atoms with E-state index < -0.39 is 6.10 Å². The van der Waals surface area contributed by atoms with Crippen molar-refractivity contribution in [1.29, 1.82) is 0 Å². The Kier molecular flexibility index (Phi) is 4.51. The molecule has 2 aromatic carbocycles. The Bertz CT molecular complexity index is 615. The molecule has 0 spiro atoms. The van der Waals surface area contributed by atoms with Gasteiger partial charge in [-0.05, 0) is 72.9 Å². The van der Waals surface area contributed by atoms with Crippen molar-refractivity contribution in [2.45, 2.75) is 26.9 Å². The van der Waals surface area contributed by atoms with E-state index in [-0.39, 0.29) is 0 Å². The highest BCUT2D eigenvalue weighted by Crippen LogP contribution is 2.31. The van der Waals surface area contributed by atoms with Crippen LogP contribution >= 0.6 is 15.9 Å². The number of rotatable bonds is 3. The molecule has 20 heavy (non-hydrogen) atoms. The average molecular weight is 335 g/mol. The minimum atomic E-state index is -0.629. The van der Waals surface area contributed by atoms with E-state index in [0.29, 0.717) is 0 Å². The lowest BCUT2D eigenvalue weighted by molar-refractivity contribution is 0.219. The monoisotopic (exact) mass is 334 g/mol. The van der Waals surface area contributed by atoms with E-state index in [1.165, 1.54) is 0 Å². The van der Waals surface area contributed by atoms with Crippen LogP contribution in [0, 0.1) is 20.8 Å². The highest BCUT2D eigenvalue weighted by atomic mass is 79.9. The largest absolute Gasteiger partial charge is 0.496 e. The molecule has 0 heterocycles. The van der Waals surface area contributed by atoms with Crippen LogP contribution in [0.25, 0.3) is 0 Å². The third-order valence-corrected chi connectivity index (χ3v) is 3.92. The minimum Gasteiger partial charge on any atom is -0.496 e. The Morgan fingerprint density at radius 3 is 2.30 bits per heavy atom. The zero-order chi connectivity index (χ0) is 14.9. The molecule has 2 nitrogen and oxygen atoms in total. The summed E-state index contributed by atoms with van der Waals surface area (Å²) in [6.45, 7) is 6.00. The average Bonchev–Trinajstić information content (AvgIpc) is 2.39. The van der Waals surface area contributed by atoms with E-state index in [4.69, 9.17) is 4.74 Å². The maximum atomic E-state index is 10.6. The van der Waals surface area contributed by atoms with Crippen molar-refractivity contribution in [2.75, 3.05) is 7.11 Å². The minimum absolute atomic E-state index is 0.629. The SMILES string of the molecule is COc1cc(C)c(C(O)c2cc(C)cc(Br)c2)cc1C. The van der Waals surface area contributed by atoms with Gasteiger partial charge in [-0.1, -0.05) is 22.0 Å². The molecular weight excluding hydrogens is 316 g/mol. The number of aliphatic hydroxyl groups excluding tert-OH is 1. The van der Waals surface area contributed by atoms with Crippen LogP contribution in [0.15, 0.2) is 34.8 Å². The first-order chi connectivity index (χ1) is 9.42. The Morgan fingerprint density at radius 2 is 1.70 bits per heavy atom. The molecule has 1 N–H and O–H groups in total. The van der Waals surface area contributed by atoms with Gasteiger partial charge in [0, 0.05) is 4.47 Å². The Labute approximate surface area is 128 Å². The van der Waals surface area contributed by atoms with Gasteiger partial charge in [0.2, 0.25) is 0 Å². The van der Waals surface area contributed by atoms with Gasteiger partial charge in [-0.2, -0.15) is 0 Å². The molecule has 2 rings (SSSR count). The number of benzene rings is 2. The van der Waals surface area contributed by atoms with Crippen LogP contribution in [-0.4, -0.2) is 12.2 Å². The van der Waals surface area contributed by atoms with E-state index in [0.717, 1.165) is 38.0 Å². The van der Waals surface area contributed by atoms with Gasteiger partial charge in [-0.25, -0.2) is 0 Å². The smallest absolute Gasteiger partial charge is 0.122 e. The molecule has 0 radical (unpaired) electrons. The molecule has 0 aliphatic carbocycles. The summed E-state index contributed by atoms with van der Waals surface area (Å²) >= 11 is 3.48. The van der Waals surface area contributed by atoms with Crippen molar-refractivity contribution in [2.24, 2.45) is 0 Å². The molecule has 2 aromatic rings. The Hall–Kier alpha value is -1.32. The normalized spacial score (nSPS) is 12.3. The van der Waals surface area contributed by atoms with Crippen LogP contribution < -0.4 is 4.74 Å². The number of aliphatic hydroxyl groups is 1. The molecule has 0 saturated heterocycles. The van der Waals surface area contributed by atoms with E-state index in [2.05, 4.69) is 15.9 Å². The zero-order valence-corrected chi connectivity index (χ0v) is 13.8. The summed E-state index contributed by atoms with van der Waals surface area (Å²) in [6.07, 6.45) is -0.629. The van der Waals surface area contributed by atoms with Gasteiger partial charge in [0.15, 0.2) is 0 Å². The number of halogens is 1. The number of ether oxygens (including phenoxy) is 1. The first kappa shape index (κ1) is 15.1. The van der Waals surface area contributed by atoms with Crippen LogP contribution in [-0.2, 0) is 0 Å². The van der Waals surface area contributed by atoms with Gasteiger partial charge in [0.05, 0.1) is 7.11 Å². The van der Waals surface area contributed by atoms with Crippen LogP contribution in [0.4, 0.5) is 0 Å². The summed E-state index contributed by atoms with van der Waals surface area (Å²) < 4.78 is 6.30. The fourth-order valence-corrected chi connectivity index (χ4v) is 3.05. The standard InChI is InChI=1S/C17H19BrO2/c1-10-5-13(9-14(18)6-10)17(19)15-7-12(3)16(20-4)8-11(15)2/h5-9,17,19H,1-4H3. The Balaban J connectivity index is 2.47. The van der Waals surface area contributed by atoms with Gasteiger partial charge in [0.1, 0.15) is 11.9 Å². The predicted octanol–water partition coefficient (Wildman–Crippen LogP) is 4.46. The molecule has 1 unspecified atom stereocenters. The first-order valence-corrected chi connectivity index (χ1v) is 7.32. The van der Waals surface area contributed by atoms with Crippen molar-refractivity contribution < 1.29 is 9.84 Å². The van der Waals surface area contributed by atoms with Crippen molar-refractivity contribution in [3.63, 3.8) is 0 Å². The van der Waals surface area contributed by atoms with E-state index in [1.807, 2.05) is 51.1 Å². The molecule has 0 aliphatic rings. The molecule has 0 saturated carbocycles. The topological polar surface area (TPSA) is 29.5 Å². The molecule has 3 heteroatoms. The quantitative estimate of drug-likeness (QED) is 0.897. The van der Waals surface area contributed by atoms with Crippen molar-refractivity contribution >= 4 is 15.9 Å². The predicted molar refractivity (Wildman–Crippen MR) is 85.4 cm³/mol. The van der Waals surface area contributed by atoms with Crippen LogP contribution in [0.3, 0.4) is 0 Å². The fourth-order valence-electron chi connectivity index (χ4n) is 2.43. The lowest BCUT2D eigenvalue weighted by Gasteiger charge is -2.17. The summed E-state index contributed by atoms with van der Waals surface area (Å²) in [4.78, 5) is 0. The molecule has 106 valence electrons. The van der Waals surface area contributed by atoms with Gasteiger partial charge in [0.25, 0.3) is 0 Å². The van der Waals surface area contributed by atoms with E-state index in [1.54, 1.807) is 7.11 Å². The fraction of sp³-hybridized carbons (Fsp3) is 0.294. The molecule has 0 amide bonds. The summed E-state index contributed by atoms with van der Waals surface area (Å²) in [5.41, 5.74) is 4.98. The van der Waals surface area contributed by atoms with Gasteiger partial charge < -0.3 is 9.84 Å². The first-order valence-electron chi connectivity index (χ1n) is 6.52. The third kappa shape index (κ3) is 3.05. The zero-order valence-electron chi connectivity index (χ0n) is 12.2. The number of aryl methyl sites for hydroxylation is 3. The second-order valence-corrected chi connectivity index (χ2v) is 6.06. The molecule has 0 aromatic heterocycles. The maximum Gasteiger partial charge on any atom is 0.122 e. The third-order valence-electron chi connectivity index (χ3n) is 3.46. The highest BCUT2D eigenvalue weighted by molar-refractivity contribution is 9.10. The molecule has 0 aliphatic heterocycles. The Morgan fingerprint density at radius 1 is 1.00 bits per heavy atom. The van der Waals surface area contributed by atoms with E-state index >= 15 is 0 Å². The van der Waals surface area contributed by atoms with Gasteiger partial charge in [-0.3, -0.25) is 0 Å². The highest BCUT2D eigenvalue weighted by Gasteiger charge is 2.16. The van der Waals surface area contributed by atoms with Crippen LogP contribution in [0.1, 0.15) is 33.9 Å². The second-order valence-electron chi connectivity index (χ2n) is 5.14. The van der Waals surface area contributed by atoms with Crippen molar-refractivity contribution in [3.05, 3.63) is 62.6 Å². The maximum absolute atomic E-state index is 10.6. The molecule has 1 atom stereocenters. The summed E-state index contributed by atoms with van der Waals surface area (Å²) in [5, 5.41) is 10.6. The molecule has 0 fully saturated rings. The van der Waals surface area contributed by atoms with Gasteiger partial charge in [-0.15, -0.1) is 0 Å². The summed E-state index contributed by atoms with van der Waals surface area (Å²) in [7, 11) is 1.66. The van der Waals surface area contributed by atoms with Crippen molar-refractivity contribution in [3.8, 4) is 5.75 Å². The molecular formula is C17H19BrO2. The van der Waals surface area contributed by atoms with Crippen molar-refractivity contribution in [1.82, 2.24) is 0 Å².